The lowest BCUT2D eigenvalue weighted by Gasteiger charge is -2.08. The lowest BCUT2D eigenvalue weighted by Crippen LogP contribution is -2.27. The van der Waals surface area contributed by atoms with Crippen LogP contribution in [0.25, 0.3) is 0 Å². The van der Waals surface area contributed by atoms with Crippen LogP contribution in [0.15, 0.2) is 47.4 Å². The Balaban J connectivity index is 1.72. The highest BCUT2D eigenvalue weighted by atomic mass is 32.2. The maximum atomic E-state index is 11.9. The van der Waals surface area contributed by atoms with E-state index in [9.17, 15) is 4.79 Å². The van der Waals surface area contributed by atoms with Crippen molar-refractivity contribution in [1.82, 2.24) is 5.32 Å². The largest absolute Gasteiger partial charge is 0.497 e. The summed E-state index contributed by atoms with van der Waals surface area (Å²) in [6.45, 7) is 4.81. The van der Waals surface area contributed by atoms with Crippen LogP contribution < -0.4 is 10.1 Å². The molecule has 0 aliphatic heterocycles. The number of amides is 1. The van der Waals surface area contributed by atoms with Crippen molar-refractivity contribution >= 4 is 17.7 Å². The number of hydrogen-bond acceptors (Lipinski definition) is 3. The van der Waals surface area contributed by atoms with Gasteiger partial charge in [0.05, 0.1) is 12.9 Å². The Morgan fingerprint density at radius 3 is 2.52 bits per heavy atom. The van der Waals surface area contributed by atoms with E-state index in [1.807, 2.05) is 24.3 Å². The Morgan fingerprint density at radius 1 is 1.13 bits per heavy atom. The van der Waals surface area contributed by atoms with Gasteiger partial charge in [-0.25, -0.2) is 0 Å². The molecule has 0 heterocycles. The molecule has 2 aromatic rings. The number of rotatable bonds is 7. The normalized spacial score (nSPS) is 10.4. The molecule has 0 fully saturated rings. The lowest BCUT2D eigenvalue weighted by atomic mass is 10.1. The molecule has 0 saturated heterocycles. The summed E-state index contributed by atoms with van der Waals surface area (Å²) in [6, 6.07) is 14.2. The number of ether oxygens (including phenoxy) is 1. The van der Waals surface area contributed by atoms with E-state index in [-0.39, 0.29) is 5.91 Å². The maximum Gasteiger partial charge on any atom is 0.230 e. The van der Waals surface area contributed by atoms with E-state index in [2.05, 4.69) is 37.4 Å². The van der Waals surface area contributed by atoms with Crippen LogP contribution in [0.5, 0.6) is 5.75 Å². The fourth-order valence-electron chi connectivity index (χ4n) is 2.29. The third-order valence-corrected chi connectivity index (χ3v) is 4.76. The molecule has 2 rings (SSSR count). The summed E-state index contributed by atoms with van der Waals surface area (Å²) in [4.78, 5) is 13.1. The van der Waals surface area contributed by atoms with Crippen LogP contribution in [0.2, 0.25) is 0 Å². The fourth-order valence-corrected chi connectivity index (χ4v) is 3.13. The molecule has 23 heavy (non-hydrogen) atoms. The zero-order valence-corrected chi connectivity index (χ0v) is 14.7. The zero-order valence-electron chi connectivity index (χ0n) is 13.9. The molecule has 0 radical (unpaired) electrons. The molecule has 0 aliphatic rings. The van der Waals surface area contributed by atoms with E-state index in [0.717, 1.165) is 12.2 Å². The van der Waals surface area contributed by atoms with Gasteiger partial charge in [-0.15, -0.1) is 11.8 Å². The van der Waals surface area contributed by atoms with Crippen molar-refractivity contribution in [3.63, 3.8) is 0 Å². The molecule has 0 saturated carbocycles. The Bertz CT molecular complexity index is 653. The topological polar surface area (TPSA) is 38.3 Å². The van der Waals surface area contributed by atoms with Gasteiger partial charge in [-0.2, -0.15) is 0 Å². The number of aryl methyl sites for hydroxylation is 2. The Morgan fingerprint density at radius 2 is 1.87 bits per heavy atom. The van der Waals surface area contributed by atoms with Crippen LogP contribution in [0.3, 0.4) is 0 Å². The summed E-state index contributed by atoms with van der Waals surface area (Å²) in [5.74, 6) is 1.37. The van der Waals surface area contributed by atoms with Crippen LogP contribution in [0.4, 0.5) is 0 Å². The second-order valence-corrected chi connectivity index (χ2v) is 6.52. The number of methoxy groups -OCH3 is 1. The average Bonchev–Trinajstić information content (AvgIpc) is 2.54. The van der Waals surface area contributed by atoms with E-state index in [1.165, 1.54) is 21.6 Å². The highest BCUT2D eigenvalue weighted by molar-refractivity contribution is 8.00. The first-order valence-corrected chi connectivity index (χ1v) is 8.66. The van der Waals surface area contributed by atoms with Crippen molar-refractivity contribution < 1.29 is 9.53 Å². The highest BCUT2D eigenvalue weighted by Gasteiger charge is 2.05. The standard InChI is InChI=1S/C19H23NO2S/c1-14-4-9-18(15(2)12-14)23-13-19(21)20-11-10-16-5-7-17(22-3)8-6-16/h4-9,12H,10-11,13H2,1-3H3,(H,20,21). The minimum atomic E-state index is 0.0727. The minimum absolute atomic E-state index is 0.0727. The van der Waals surface area contributed by atoms with Gasteiger partial charge in [0.2, 0.25) is 5.91 Å². The molecule has 0 unspecified atom stereocenters. The molecule has 2 aromatic carbocycles. The van der Waals surface area contributed by atoms with Crippen molar-refractivity contribution in [2.24, 2.45) is 0 Å². The SMILES string of the molecule is COc1ccc(CCNC(=O)CSc2ccc(C)cc2C)cc1. The Kier molecular flexibility index (Phi) is 6.53. The van der Waals surface area contributed by atoms with E-state index in [1.54, 1.807) is 18.9 Å². The number of thioether (sulfide) groups is 1. The summed E-state index contributed by atoms with van der Waals surface area (Å²) in [7, 11) is 1.66. The molecule has 4 heteroatoms. The van der Waals surface area contributed by atoms with Crippen molar-refractivity contribution in [2.45, 2.75) is 25.2 Å². The second-order valence-electron chi connectivity index (χ2n) is 5.51. The van der Waals surface area contributed by atoms with Gasteiger partial charge in [-0.1, -0.05) is 29.8 Å². The van der Waals surface area contributed by atoms with E-state index < -0.39 is 0 Å². The van der Waals surface area contributed by atoms with Gasteiger partial charge >= 0.3 is 0 Å². The number of benzene rings is 2. The fraction of sp³-hybridized carbons (Fsp3) is 0.316. The summed E-state index contributed by atoms with van der Waals surface area (Å²) in [6.07, 6.45) is 0.823. The average molecular weight is 329 g/mol. The van der Waals surface area contributed by atoms with Crippen molar-refractivity contribution in [2.75, 3.05) is 19.4 Å². The molecule has 0 aromatic heterocycles. The predicted molar refractivity (Wildman–Crippen MR) is 96.3 cm³/mol. The van der Waals surface area contributed by atoms with Gasteiger partial charge < -0.3 is 10.1 Å². The molecule has 0 bridgehead atoms. The van der Waals surface area contributed by atoms with Crippen LogP contribution in [-0.4, -0.2) is 25.3 Å². The number of nitrogens with one attached hydrogen (secondary N) is 1. The summed E-state index contributed by atoms with van der Waals surface area (Å²) in [5.41, 5.74) is 3.66. The van der Waals surface area contributed by atoms with Crippen LogP contribution in [0.1, 0.15) is 16.7 Å². The molecule has 3 nitrogen and oxygen atoms in total. The molecule has 0 atom stereocenters. The van der Waals surface area contributed by atoms with Crippen LogP contribution in [0, 0.1) is 13.8 Å². The van der Waals surface area contributed by atoms with Gasteiger partial charge in [0.25, 0.3) is 0 Å². The summed E-state index contributed by atoms with van der Waals surface area (Å²) in [5, 5.41) is 2.97. The molecule has 0 spiro atoms. The first kappa shape index (κ1) is 17.4. The van der Waals surface area contributed by atoms with E-state index >= 15 is 0 Å². The molecular formula is C19H23NO2S. The zero-order chi connectivity index (χ0) is 16.7. The van der Waals surface area contributed by atoms with E-state index in [0.29, 0.717) is 12.3 Å². The van der Waals surface area contributed by atoms with Gasteiger partial charge in [-0.3, -0.25) is 4.79 Å². The summed E-state index contributed by atoms with van der Waals surface area (Å²) >= 11 is 1.59. The third-order valence-electron chi connectivity index (χ3n) is 3.58. The second kappa shape index (κ2) is 8.63. The molecular weight excluding hydrogens is 306 g/mol. The number of carbonyl (C=O) groups excluding carboxylic acids is 1. The highest BCUT2D eigenvalue weighted by Crippen LogP contribution is 2.22. The maximum absolute atomic E-state index is 11.9. The van der Waals surface area contributed by atoms with Crippen molar-refractivity contribution in [3.8, 4) is 5.75 Å². The van der Waals surface area contributed by atoms with E-state index in [4.69, 9.17) is 4.74 Å². The Hall–Kier alpha value is -1.94. The van der Waals surface area contributed by atoms with Gasteiger partial charge in [0, 0.05) is 11.4 Å². The monoisotopic (exact) mass is 329 g/mol. The van der Waals surface area contributed by atoms with Gasteiger partial charge in [0.15, 0.2) is 0 Å². The first-order valence-electron chi connectivity index (χ1n) is 7.68. The number of hydrogen-bond donors (Lipinski definition) is 1. The summed E-state index contributed by atoms with van der Waals surface area (Å²) < 4.78 is 5.13. The molecule has 1 N–H and O–H groups in total. The minimum Gasteiger partial charge on any atom is -0.497 e. The molecule has 122 valence electrons. The molecule has 1 amide bonds. The van der Waals surface area contributed by atoms with Gasteiger partial charge in [0.1, 0.15) is 5.75 Å². The smallest absolute Gasteiger partial charge is 0.230 e. The van der Waals surface area contributed by atoms with Crippen molar-refractivity contribution in [1.29, 1.82) is 0 Å². The van der Waals surface area contributed by atoms with Crippen LogP contribution in [-0.2, 0) is 11.2 Å². The lowest BCUT2D eigenvalue weighted by molar-refractivity contribution is -0.118. The predicted octanol–water partition coefficient (Wildman–Crippen LogP) is 3.76. The van der Waals surface area contributed by atoms with Gasteiger partial charge in [-0.05, 0) is 49.6 Å². The first-order chi connectivity index (χ1) is 11.1. The van der Waals surface area contributed by atoms with Crippen LogP contribution >= 0.6 is 11.8 Å². The third kappa shape index (κ3) is 5.64. The number of carbonyl (C=O) groups is 1. The molecule has 0 aliphatic carbocycles. The van der Waals surface area contributed by atoms with Crippen molar-refractivity contribution in [3.05, 3.63) is 59.2 Å². The quantitative estimate of drug-likeness (QED) is 0.786. The Labute approximate surface area is 142 Å².